The van der Waals surface area contributed by atoms with Crippen LogP contribution in [0.25, 0.3) is 0 Å². The summed E-state index contributed by atoms with van der Waals surface area (Å²) in [4.78, 5) is 36.3. The highest BCUT2D eigenvalue weighted by Gasteiger charge is 2.11. The minimum atomic E-state index is -0.512. The fraction of sp³-hybridized carbons (Fsp3) is 0.160. The van der Waals surface area contributed by atoms with Crippen LogP contribution in [0.3, 0.4) is 0 Å². The molecule has 3 aromatic rings. The maximum Gasteiger partial charge on any atom is 0.306 e. The minimum Gasteiger partial charge on any atom is -0.497 e. The molecule has 1 amide bonds. The number of halogens is 1. The van der Waals surface area contributed by atoms with Crippen molar-refractivity contribution < 1.29 is 28.2 Å². The monoisotopic (exact) mass is 435 g/mol. The molecule has 7 heteroatoms. The van der Waals surface area contributed by atoms with E-state index in [2.05, 4.69) is 5.32 Å². The number of esters is 1. The first-order valence-corrected chi connectivity index (χ1v) is 9.93. The van der Waals surface area contributed by atoms with E-state index >= 15 is 0 Å². The number of hydrogen-bond acceptors (Lipinski definition) is 5. The molecule has 0 bridgehead atoms. The summed E-state index contributed by atoms with van der Waals surface area (Å²) in [7, 11) is 1.57. The molecule has 0 heterocycles. The maximum absolute atomic E-state index is 12.9. The van der Waals surface area contributed by atoms with E-state index in [-0.39, 0.29) is 31.1 Å². The summed E-state index contributed by atoms with van der Waals surface area (Å²) in [5, 5.41) is 2.79. The highest BCUT2D eigenvalue weighted by Crippen LogP contribution is 2.16. The first-order valence-electron chi connectivity index (χ1n) is 9.93. The second-order valence-electron chi connectivity index (χ2n) is 6.97. The van der Waals surface area contributed by atoms with Crippen LogP contribution < -0.4 is 10.1 Å². The van der Waals surface area contributed by atoms with E-state index < -0.39 is 11.8 Å². The number of carbonyl (C=O) groups excluding carboxylic acids is 3. The molecule has 0 fully saturated rings. The van der Waals surface area contributed by atoms with Crippen LogP contribution in [0.1, 0.15) is 39.1 Å². The van der Waals surface area contributed by atoms with Crippen LogP contribution in [0.15, 0.2) is 72.8 Å². The van der Waals surface area contributed by atoms with Gasteiger partial charge in [0, 0.05) is 23.2 Å². The lowest BCUT2D eigenvalue weighted by Crippen LogP contribution is -2.12. The predicted molar refractivity (Wildman–Crippen MR) is 117 cm³/mol. The average molecular weight is 435 g/mol. The molecule has 0 spiro atoms. The number of ether oxygens (including phenoxy) is 2. The molecule has 0 aliphatic rings. The van der Waals surface area contributed by atoms with Gasteiger partial charge >= 0.3 is 5.97 Å². The van der Waals surface area contributed by atoms with Crippen molar-refractivity contribution in [2.45, 2.75) is 19.4 Å². The molecule has 0 aliphatic carbocycles. The van der Waals surface area contributed by atoms with E-state index in [0.29, 0.717) is 28.1 Å². The number of hydrogen-bond donors (Lipinski definition) is 1. The Morgan fingerprint density at radius 1 is 0.812 bits per heavy atom. The lowest BCUT2D eigenvalue weighted by Gasteiger charge is -2.08. The van der Waals surface area contributed by atoms with Gasteiger partial charge in [-0.2, -0.15) is 0 Å². The molecule has 0 atom stereocenters. The van der Waals surface area contributed by atoms with Crippen molar-refractivity contribution in [3.8, 4) is 5.75 Å². The van der Waals surface area contributed by atoms with Gasteiger partial charge in [0.05, 0.1) is 13.5 Å². The molecular weight excluding hydrogens is 413 g/mol. The van der Waals surface area contributed by atoms with Gasteiger partial charge in [-0.05, 0) is 66.2 Å². The van der Waals surface area contributed by atoms with Gasteiger partial charge in [0.15, 0.2) is 5.78 Å². The quantitative estimate of drug-likeness (QED) is 0.386. The normalized spacial score (nSPS) is 10.3. The summed E-state index contributed by atoms with van der Waals surface area (Å²) in [5.74, 6) is -0.763. The second kappa shape index (κ2) is 10.9. The number of amides is 1. The molecule has 164 valence electrons. The zero-order chi connectivity index (χ0) is 22.9. The first kappa shape index (κ1) is 22.7. The molecule has 0 unspecified atom stereocenters. The molecule has 0 saturated carbocycles. The highest BCUT2D eigenvalue weighted by molar-refractivity contribution is 6.04. The fourth-order valence-electron chi connectivity index (χ4n) is 2.86. The summed E-state index contributed by atoms with van der Waals surface area (Å²) >= 11 is 0. The van der Waals surface area contributed by atoms with Gasteiger partial charge in [-0.25, -0.2) is 4.39 Å². The van der Waals surface area contributed by atoms with E-state index in [4.69, 9.17) is 9.47 Å². The van der Waals surface area contributed by atoms with Gasteiger partial charge in [0.1, 0.15) is 18.2 Å². The van der Waals surface area contributed by atoms with Crippen LogP contribution in [0, 0.1) is 5.82 Å². The van der Waals surface area contributed by atoms with Crippen molar-refractivity contribution in [3.05, 3.63) is 95.3 Å². The zero-order valence-corrected chi connectivity index (χ0v) is 17.5. The van der Waals surface area contributed by atoms with E-state index in [1.807, 2.05) is 0 Å². The van der Waals surface area contributed by atoms with Gasteiger partial charge in [-0.1, -0.05) is 12.1 Å². The van der Waals surface area contributed by atoms with Crippen molar-refractivity contribution in [1.29, 1.82) is 0 Å². The SMILES string of the molecule is COc1ccc(NC(=O)c2ccc(COC(=O)CCC(=O)c3ccc(F)cc3)cc2)cc1. The Kier molecular flexibility index (Phi) is 7.70. The Bertz CT molecular complexity index is 1080. The second-order valence-corrected chi connectivity index (χ2v) is 6.97. The third-order valence-electron chi connectivity index (χ3n) is 4.69. The van der Waals surface area contributed by atoms with Crippen LogP contribution in [0.5, 0.6) is 5.75 Å². The molecule has 32 heavy (non-hydrogen) atoms. The van der Waals surface area contributed by atoms with Crippen molar-refractivity contribution >= 4 is 23.3 Å². The van der Waals surface area contributed by atoms with Crippen molar-refractivity contribution in [2.24, 2.45) is 0 Å². The van der Waals surface area contributed by atoms with Gasteiger partial charge in [-0.15, -0.1) is 0 Å². The van der Waals surface area contributed by atoms with Crippen LogP contribution in [-0.4, -0.2) is 24.8 Å². The standard InChI is InChI=1S/C25H22FNO5/c1-31-22-12-10-21(11-13-22)27-25(30)19-4-2-17(3-5-19)16-32-24(29)15-14-23(28)18-6-8-20(26)9-7-18/h2-13H,14-16H2,1H3,(H,27,30). The number of rotatable bonds is 9. The number of anilines is 1. The van der Waals surface area contributed by atoms with Gasteiger partial charge < -0.3 is 14.8 Å². The van der Waals surface area contributed by atoms with Gasteiger partial charge in [-0.3, -0.25) is 14.4 Å². The predicted octanol–water partition coefficient (Wildman–Crippen LogP) is 4.79. The number of ketones is 1. The number of carbonyl (C=O) groups is 3. The third-order valence-corrected chi connectivity index (χ3v) is 4.69. The lowest BCUT2D eigenvalue weighted by atomic mass is 10.1. The van der Waals surface area contributed by atoms with Crippen LogP contribution >= 0.6 is 0 Å². The molecule has 6 nitrogen and oxygen atoms in total. The summed E-state index contributed by atoms with van der Waals surface area (Å²) < 4.78 is 23.2. The van der Waals surface area contributed by atoms with E-state index in [1.54, 1.807) is 55.6 Å². The summed E-state index contributed by atoms with van der Waals surface area (Å²) in [6, 6.07) is 18.8. The smallest absolute Gasteiger partial charge is 0.306 e. The van der Waals surface area contributed by atoms with Gasteiger partial charge in [0.25, 0.3) is 5.91 Å². The van der Waals surface area contributed by atoms with Crippen molar-refractivity contribution in [2.75, 3.05) is 12.4 Å². The Morgan fingerprint density at radius 2 is 1.44 bits per heavy atom. The van der Waals surface area contributed by atoms with Crippen LogP contribution in [0.2, 0.25) is 0 Å². The lowest BCUT2D eigenvalue weighted by molar-refractivity contribution is -0.144. The molecule has 0 saturated heterocycles. The summed E-state index contributed by atoms with van der Waals surface area (Å²) in [5.41, 5.74) is 2.16. The number of methoxy groups -OCH3 is 1. The number of nitrogens with one attached hydrogen (secondary N) is 1. The van der Waals surface area contributed by atoms with Crippen molar-refractivity contribution in [3.63, 3.8) is 0 Å². The largest absolute Gasteiger partial charge is 0.497 e. The molecular formula is C25H22FNO5. The molecule has 3 aromatic carbocycles. The van der Waals surface area contributed by atoms with E-state index in [9.17, 15) is 18.8 Å². The number of benzene rings is 3. The summed E-state index contributed by atoms with van der Waals surface area (Å²) in [6.07, 6.45) is -0.0898. The minimum absolute atomic E-state index is 0.0189. The van der Waals surface area contributed by atoms with Crippen LogP contribution in [-0.2, 0) is 16.1 Å². The molecule has 3 rings (SSSR count). The Balaban J connectivity index is 1.44. The molecule has 1 N–H and O–H groups in total. The van der Waals surface area contributed by atoms with Gasteiger partial charge in [0.2, 0.25) is 0 Å². The van der Waals surface area contributed by atoms with E-state index in [1.165, 1.54) is 24.3 Å². The molecule has 0 aromatic heterocycles. The first-order chi connectivity index (χ1) is 15.4. The third kappa shape index (κ3) is 6.50. The Morgan fingerprint density at radius 3 is 2.06 bits per heavy atom. The average Bonchev–Trinajstić information content (AvgIpc) is 2.82. The van der Waals surface area contributed by atoms with Crippen molar-refractivity contribution in [1.82, 2.24) is 0 Å². The topological polar surface area (TPSA) is 81.7 Å². The maximum atomic E-state index is 12.9. The Hall–Kier alpha value is -4.00. The molecule has 0 radical (unpaired) electrons. The summed E-state index contributed by atoms with van der Waals surface area (Å²) in [6.45, 7) is 0.0317. The highest BCUT2D eigenvalue weighted by atomic mass is 19.1. The number of Topliss-reactive ketones (excluding diaryl/α,β-unsaturated/α-hetero) is 1. The zero-order valence-electron chi connectivity index (χ0n) is 17.5. The molecule has 0 aliphatic heterocycles. The fourth-order valence-corrected chi connectivity index (χ4v) is 2.86. The Labute approximate surface area is 185 Å². The van der Waals surface area contributed by atoms with Crippen LogP contribution in [0.4, 0.5) is 10.1 Å². The van der Waals surface area contributed by atoms with E-state index in [0.717, 1.165) is 0 Å².